The van der Waals surface area contributed by atoms with Crippen molar-refractivity contribution in [1.29, 1.82) is 0 Å². The first kappa shape index (κ1) is 26.6. The number of amides is 1. The first-order chi connectivity index (χ1) is 14.3. The molecule has 0 aliphatic rings. The summed E-state index contributed by atoms with van der Waals surface area (Å²) in [6.07, 6.45) is 3.63. The quantitative estimate of drug-likeness (QED) is 0.406. The number of rotatable bonds is 8. The average Bonchev–Trinajstić information content (AvgIpc) is 2.95. The van der Waals surface area contributed by atoms with Crippen LogP contribution < -0.4 is 11.1 Å². The molecule has 1 heterocycles. The van der Waals surface area contributed by atoms with E-state index in [1.165, 1.54) is 0 Å². The van der Waals surface area contributed by atoms with Crippen LogP contribution in [0.2, 0.25) is 0 Å². The van der Waals surface area contributed by atoms with E-state index in [1.54, 1.807) is 6.92 Å². The summed E-state index contributed by atoms with van der Waals surface area (Å²) in [7, 11) is -1.71. The van der Waals surface area contributed by atoms with E-state index in [0.29, 0.717) is 25.0 Å². The van der Waals surface area contributed by atoms with Crippen LogP contribution in [0.1, 0.15) is 32.8 Å². The predicted molar refractivity (Wildman–Crippen MR) is 120 cm³/mol. The molecule has 0 saturated heterocycles. The highest BCUT2D eigenvalue weighted by Gasteiger charge is 2.26. The summed E-state index contributed by atoms with van der Waals surface area (Å²) < 4.78 is 33.0. The van der Waals surface area contributed by atoms with Crippen molar-refractivity contribution in [2.24, 2.45) is 18.7 Å². The van der Waals surface area contributed by atoms with Crippen molar-refractivity contribution >= 4 is 32.9 Å². The molecular weight excluding hydrogens is 422 g/mol. The van der Waals surface area contributed by atoms with Gasteiger partial charge in [0.2, 0.25) is 5.91 Å². The Hall–Kier alpha value is -2.43. The van der Waals surface area contributed by atoms with Crippen molar-refractivity contribution in [2.75, 3.05) is 12.9 Å². The van der Waals surface area contributed by atoms with E-state index < -0.39 is 28.2 Å². The van der Waals surface area contributed by atoms with Crippen LogP contribution >= 0.6 is 0 Å². The molecule has 31 heavy (non-hydrogen) atoms. The van der Waals surface area contributed by atoms with Gasteiger partial charge >= 0.3 is 5.97 Å². The van der Waals surface area contributed by atoms with Gasteiger partial charge in [-0.25, -0.2) is 4.79 Å². The van der Waals surface area contributed by atoms with Crippen molar-refractivity contribution in [1.82, 2.24) is 9.88 Å². The lowest BCUT2D eigenvalue weighted by molar-refractivity contribution is -0.147. The van der Waals surface area contributed by atoms with E-state index in [-0.39, 0.29) is 12.5 Å². The molecule has 1 amide bonds. The van der Waals surface area contributed by atoms with Crippen LogP contribution in [0.25, 0.3) is 10.9 Å². The fourth-order valence-electron chi connectivity index (χ4n) is 3.14. The maximum atomic E-state index is 12.4. The predicted octanol–water partition coefficient (Wildman–Crippen LogP) is 1.65. The third-order valence-corrected chi connectivity index (χ3v) is 4.35. The Morgan fingerprint density at radius 1 is 1.26 bits per heavy atom. The van der Waals surface area contributed by atoms with Crippen LogP contribution in [0.5, 0.6) is 0 Å². The summed E-state index contributed by atoms with van der Waals surface area (Å²) in [5, 5.41) is 3.84. The second kappa shape index (κ2) is 11.8. The topological polar surface area (TPSA) is 141 Å². The average molecular weight is 456 g/mol. The fourth-order valence-corrected chi connectivity index (χ4v) is 3.14. The number of hydrogen-bond acceptors (Lipinski definition) is 6. The summed E-state index contributed by atoms with van der Waals surface area (Å²) in [5.74, 6) is -0.461. The first-order valence-corrected chi connectivity index (χ1v) is 11.9. The molecule has 0 saturated carbocycles. The molecule has 0 aliphatic carbocycles. The number of nitrogens with one attached hydrogen (secondary N) is 1. The van der Waals surface area contributed by atoms with Crippen molar-refractivity contribution in [3.05, 3.63) is 36.0 Å². The van der Waals surface area contributed by atoms with E-state index in [1.807, 2.05) is 55.9 Å². The summed E-state index contributed by atoms with van der Waals surface area (Å²) in [4.78, 5) is 24.8. The zero-order chi connectivity index (χ0) is 23.8. The van der Waals surface area contributed by atoms with Gasteiger partial charge in [-0.05, 0) is 30.9 Å². The van der Waals surface area contributed by atoms with Gasteiger partial charge in [-0.2, -0.15) is 8.42 Å². The van der Waals surface area contributed by atoms with Gasteiger partial charge < -0.3 is 20.4 Å². The standard InChI is InChI=1S/C20H29N3O3.CH4O3S/c1-5-26-20(25)17(22-19(24)16(21)10-13(2)3)11-14-12-23(4)18-9-7-6-8-15(14)18;1-5(2,3)4/h6-9,12-13,16-17H,5,10-11,21H2,1-4H3,(H,22,24);1H3,(H,2,3,4). The number of ether oxygens (including phenoxy) is 1. The van der Waals surface area contributed by atoms with E-state index in [2.05, 4.69) is 5.32 Å². The molecule has 2 aromatic rings. The van der Waals surface area contributed by atoms with Gasteiger partial charge in [0.05, 0.1) is 18.9 Å². The number of para-hydroxylation sites is 1. The first-order valence-electron chi connectivity index (χ1n) is 10.0. The molecular formula is C21H33N3O6S. The second-order valence-electron chi connectivity index (χ2n) is 7.77. The van der Waals surface area contributed by atoms with Gasteiger partial charge in [0.1, 0.15) is 6.04 Å². The van der Waals surface area contributed by atoms with Crippen molar-refractivity contribution in [2.45, 2.75) is 45.7 Å². The molecule has 1 aromatic carbocycles. The lowest BCUT2D eigenvalue weighted by Gasteiger charge is -2.20. The number of aromatic nitrogens is 1. The number of esters is 1. The SMILES string of the molecule is CCOC(=O)C(Cc1cn(C)c2ccccc12)NC(=O)C(N)CC(C)C.CS(=O)(=O)O. The number of nitrogens with zero attached hydrogens (tertiary/aromatic N) is 1. The molecule has 174 valence electrons. The van der Waals surface area contributed by atoms with Gasteiger partial charge in [0, 0.05) is 30.6 Å². The van der Waals surface area contributed by atoms with Gasteiger partial charge in [-0.1, -0.05) is 32.0 Å². The molecule has 1 aromatic heterocycles. The van der Waals surface area contributed by atoms with Crippen LogP contribution in [-0.4, -0.2) is 54.4 Å². The Morgan fingerprint density at radius 2 is 1.84 bits per heavy atom. The summed E-state index contributed by atoms with van der Waals surface area (Å²) in [6, 6.07) is 6.57. The summed E-state index contributed by atoms with van der Waals surface area (Å²) >= 11 is 0. The maximum absolute atomic E-state index is 12.4. The summed E-state index contributed by atoms with van der Waals surface area (Å²) in [5.41, 5.74) is 8.02. The molecule has 2 atom stereocenters. The highest BCUT2D eigenvalue weighted by molar-refractivity contribution is 7.85. The maximum Gasteiger partial charge on any atom is 0.328 e. The number of carbonyl (C=O) groups excluding carboxylic acids is 2. The second-order valence-corrected chi connectivity index (χ2v) is 9.23. The minimum atomic E-state index is -3.67. The van der Waals surface area contributed by atoms with Crippen molar-refractivity contribution in [3.63, 3.8) is 0 Å². The zero-order valence-electron chi connectivity index (χ0n) is 18.7. The Morgan fingerprint density at radius 3 is 2.39 bits per heavy atom. The van der Waals surface area contributed by atoms with Gasteiger partial charge in [-0.15, -0.1) is 0 Å². The van der Waals surface area contributed by atoms with Gasteiger partial charge in [-0.3, -0.25) is 9.35 Å². The molecule has 9 nitrogen and oxygen atoms in total. The number of fused-ring (bicyclic) bond motifs is 1. The molecule has 0 spiro atoms. The number of hydrogen-bond donors (Lipinski definition) is 3. The van der Waals surface area contributed by atoms with E-state index in [0.717, 1.165) is 16.5 Å². The number of benzene rings is 1. The molecule has 2 unspecified atom stereocenters. The number of carbonyl (C=O) groups is 2. The third kappa shape index (κ3) is 9.50. The third-order valence-electron chi connectivity index (χ3n) is 4.35. The van der Waals surface area contributed by atoms with Gasteiger partial charge in [0.25, 0.3) is 10.1 Å². The van der Waals surface area contributed by atoms with E-state index in [9.17, 15) is 18.0 Å². The Balaban J connectivity index is 0.000000861. The highest BCUT2D eigenvalue weighted by Crippen LogP contribution is 2.22. The molecule has 10 heteroatoms. The van der Waals surface area contributed by atoms with E-state index in [4.69, 9.17) is 15.0 Å². The molecule has 0 aliphatic heterocycles. The lowest BCUT2D eigenvalue weighted by Crippen LogP contribution is -2.50. The highest BCUT2D eigenvalue weighted by atomic mass is 32.2. The van der Waals surface area contributed by atoms with Crippen LogP contribution in [-0.2, 0) is 37.9 Å². The van der Waals surface area contributed by atoms with Crippen molar-refractivity contribution in [3.8, 4) is 0 Å². The van der Waals surface area contributed by atoms with Crippen LogP contribution in [0.3, 0.4) is 0 Å². The minimum Gasteiger partial charge on any atom is -0.464 e. The zero-order valence-corrected chi connectivity index (χ0v) is 19.5. The Bertz CT molecular complexity index is 976. The fraction of sp³-hybridized carbons (Fsp3) is 0.524. The van der Waals surface area contributed by atoms with Crippen LogP contribution in [0, 0.1) is 5.92 Å². The summed E-state index contributed by atoms with van der Waals surface area (Å²) in [6.45, 7) is 6.02. The molecule has 0 bridgehead atoms. The van der Waals surface area contributed by atoms with Crippen LogP contribution in [0.15, 0.2) is 30.5 Å². The molecule has 2 rings (SSSR count). The monoisotopic (exact) mass is 455 g/mol. The van der Waals surface area contributed by atoms with Gasteiger partial charge in [0.15, 0.2) is 0 Å². The number of nitrogens with two attached hydrogens (primary N) is 1. The lowest BCUT2D eigenvalue weighted by atomic mass is 10.0. The largest absolute Gasteiger partial charge is 0.464 e. The Labute approximate surface area is 183 Å². The number of aryl methyl sites for hydroxylation is 1. The van der Waals surface area contributed by atoms with Crippen LogP contribution in [0.4, 0.5) is 0 Å². The smallest absolute Gasteiger partial charge is 0.328 e. The molecule has 0 fully saturated rings. The minimum absolute atomic E-state index is 0.263. The van der Waals surface area contributed by atoms with E-state index >= 15 is 0 Å². The van der Waals surface area contributed by atoms with Crippen molar-refractivity contribution < 1.29 is 27.3 Å². The Kier molecular flexibility index (Phi) is 10.1. The molecule has 0 radical (unpaired) electrons. The normalized spacial score (nSPS) is 13.3. The molecule has 4 N–H and O–H groups in total.